The fraction of sp³-hybridized carbons (Fsp3) is 0.200. The standard InChI is InChI=1S/C15H15F3N2/c1-9-3-4-12(8-13(9)15(16,17)18)20-11-5-6-14(19)10(2)7-11/h3-8,20H,19H2,1-2H3. The van der Waals surface area contributed by atoms with E-state index in [0.717, 1.165) is 11.6 Å². The largest absolute Gasteiger partial charge is 0.416 e. The lowest BCUT2D eigenvalue weighted by Crippen LogP contribution is -2.08. The molecule has 2 aromatic rings. The SMILES string of the molecule is Cc1cc(Nc2ccc(C)c(C(F)(F)F)c2)ccc1N. The van der Waals surface area contributed by atoms with Crippen LogP contribution in [-0.4, -0.2) is 0 Å². The maximum atomic E-state index is 12.8. The van der Waals surface area contributed by atoms with Gasteiger partial charge in [-0.2, -0.15) is 13.2 Å². The third-order valence-electron chi connectivity index (χ3n) is 3.10. The summed E-state index contributed by atoms with van der Waals surface area (Å²) < 4.78 is 38.5. The van der Waals surface area contributed by atoms with E-state index in [4.69, 9.17) is 5.73 Å². The Morgan fingerprint density at radius 3 is 2.10 bits per heavy atom. The molecule has 0 fully saturated rings. The van der Waals surface area contributed by atoms with Crippen LogP contribution in [0.5, 0.6) is 0 Å². The fourth-order valence-corrected chi connectivity index (χ4v) is 1.93. The maximum absolute atomic E-state index is 12.8. The van der Waals surface area contributed by atoms with Crippen molar-refractivity contribution in [1.29, 1.82) is 0 Å². The van der Waals surface area contributed by atoms with Crippen molar-refractivity contribution in [2.75, 3.05) is 11.1 Å². The molecule has 2 nitrogen and oxygen atoms in total. The van der Waals surface area contributed by atoms with Crippen LogP contribution in [0, 0.1) is 13.8 Å². The fourth-order valence-electron chi connectivity index (χ4n) is 1.93. The van der Waals surface area contributed by atoms with Crippen LogP contribution in [0.1, 0.15) is 16.7 Å². The van der Waals surface area contributed by atoms with Gasteiger partial charge < -0.3 is 11.1 Å². The molecule has 0 saturated heterocycles. The van der Waals surface area contributed by atoms with Crippen LogP contribution >= 0.6 is 0 Å². The molecule has 0 bridgehead atoms. The molecule has 0 aromatic heterocycles. The van der Waals surface area contributed by atoms with Gasteiger partial charge in [-0.05, 0) is 55.3 Å². The van der Waals surface area contributed by atoms with Crippen molar-refractivity contribution in [2.45, 2.75) is 20.0 Å². The Bertz CT molecular complexity index is 634. The molecule has 2 aromatic carbocycles. The highest BCUT2D eigenvalue weighted by molar-refractivity contribution is 5.65. The Kier molecular flexibility index (Phi) is 3.61. The van der Waals surface area contributed by atoms with Crippen molar-refractivity contribution in [3.05, 3.63) is 53.1 Å². The van der Waals surface area contributed by atoms with Gasteiger partial charge in [-0.1, -0.05) is 6.07 Å². The molecule has 0 unspecified atom stereocenters. The first-order valence-electron chi connectivity index (χ1n) is 6.08. The Morgan fingerprint density at radius 1 is 0.900 bits per heavy atom. The number of nitrogen functional groups attached to an aromatic ring is 1. The van der Waals surface area contributed by atoms with E-state index in [9.17, 15) is 13.2 Å². The Labute approximate surface area is 115 Å². The van der Waals surface area contributed by atoms with Gasteiger partial charge in [0.15, 0.2) is 0 Å². The van der Waals surface area contributed by atoms with E-state index >= 15 is 0 Å². The van der Waals surface area contributed by atoms with E-state index in [-0.39, 0.29) is 5.56 Å². The van der Waals surface area contributed by atoms with E-state index in [1.165, 1.54) is 13.0 Å². The molecule has 3 N–H and O–H groups in total. The molecule has 106 valence electrons. The second-order valence-corrected chi connectivity index (χ2v) is 4.72. The second-order valence-electron chi connectivity index (χ2n) is 4.72. The summed E-state index contributed by atoms with van der Waals surface area (Å²) in [4.78, 5) is 0. The molecular formula is C15H15F3N2. The van der Waals surface area contributed by atoms with E-state index in [1.54, 1.807) is 24.3 Å². The van der Waals surface area contributed by atoms with Gasteiger partial charge in [0.1, 0.15) is 0 Å². The summed E-state index contributed by atoms with van der Waals surface area (Å²) >= 11 is 0. The number of rotatable bonds is 2. The summed E-state index contributed by atoms with van der Waals surface area (Å²) in [6.07, 6.45) is -4.35. The Morgan fingerprint density at radius 2 is 1.50 bits per heavy atom. The molecule has 0 saturated carbocycles. The predicted molar refractivity (Wildman–Crippen MR) is 75.1 cm³/mol. The Hall–Kier alpha value is -2.17. The first-order valence-corrected chi connectivity index (χ1v) is 6.08. The first kappa shape index (κ1) is 14.2. The molecule has 0 aliphatic carbocycles. The highest BCUT2D eigenvalue weighted by Crippen LogP contribution is 2.34. The lowest BCUT2D eigenvalue weighted by Gasteiger charge is -2.14. The number of hydrogen-bond acceptors (Lipinski definition) is 2. The van der Waals surface area contributed by atoms with Crippen LogP contribution in [0.4, 0.5) is 30.2 Å². The van der Waals surface area contributed by atoms with Crippen molar-refractivity contribution < 1.29 is 13.2 Å². The van der Waals surface area contributed by atoms with Gasteiger partial charge in [0.05, 0.1) is 5.56 Å². The molecular weight excluding hydrogens is 265 g/mol. The smallest absolute Gasteiger partial charge is 0.399 e. The third-order valence-corrected chi connectivity index (χ3v) is 3.10. The van der Waals surface area contributed by atoms with Gasteiger partial charge >= 0.3 is 6.18 Å². The summed E-state index contributed by atoms with van der Waals surface area (Å²) in [7, 11) is 0. The lowest BCUT2D eigenvalue weighted by atomic mass is 10.1. The summed E-state index contributed by atoms with van der Waals surface area (Å²) in [5.41, 5.74) is 7.90. The van der Waals surface area contributed by atoms with Gasteiger partial charge in [-0.15, -0.1) is 0 Å². The molecule has 0 radical (unpaired) electrons. The zero-order chi connectivity index (χ0) is 14.9. The minimum absolute atomic E-state index is 0.205. The van der Waals surface area contributed by atoms with Gasteiger partial charge in [0, 0.05) is 17.1 Å². The highest BCUT2D eigenvalue weighted by atomic mass is 19.4. The second kappa shape index (κ2) is 5.07. The summed E-state index contributed by atoms with van der Waals surface area (Å²) in [6, 6.07) is 9.43. The van der Waals surface area contributed by atoms with Crippen molar-refractivity contribution in [3.8, 4) is 0 Å². The molecule has 20 heavy (non-hydrogen) atoms. The van der Waals surface area contributed by atoms with E-state index in [2.05, 4.69) is 5.32 Å². The zero-order valence-electron chi connectivity index (χ0n) is 11.2. The van der Waals surface area contributed by atoms with Crippen molar-refractivity contribution in [3.63, 3.8) is 0 Å². The highest BCUT2D eigenvalue weighted by Gasteiger charge is 2.32. The van der Waals surface area contributed by atoms with Gasteiger partial charge in [-0.3, -0.25) is 0 Å². The van der Waals surface area contributed by atoms with Gasteiger partial charge in [0.2, 0.25) is 0 Å². The molecule has 0 aliphatic heterocycles. The number of alkyl halides is 3. The lowest BCUT2D eigenvalue weighted by molar-refractivity contribution is -0.138. The number of nitrogens with two attached hydrogens (primary N) is 1. The summed E-state index contributed by atoms with van der Waals surface area (Å²) in [5, 5.41) is 2.96. The normalized spacial score (nSPS) is 11.4. The van der Waals surface area contributed by atoms with Crippen LogP contribution < -0.4 is 11.1 Å². The van der Waals surface area contributed by atoms with Crippen molar-refractivity contribution in [1.82, 2.24) is 0 Å². The zero-order valence-corrected chi connectivity index (χ0v) is 11.2. The number of benzene rings is 2. The van der Waals surface area contributed by atoms with Crippen LogP contribution in [0.15, 0.2) is 36.4 Å². The quantitative estimate of drug-likeness (QED) is 0.786. The Balaban J connectivity index is 2.32. The topological polar surface area (TPSA) is 38.0 Å². The molecule has 0 aliphatic rings. The van der Waals surface area contributed by atoms with Crippen LogP contribution in [0.3, 0.4) is 0 Å². The number of hydrogen-bond donors (Lipinski definition) is 2. The van der Waals surface area contributed by atoms with Crippen molar-refractivity contribution >= 4 is 17.1 Å². The van der Waals surface area contributed by atoms with Gasteiger partial charge in [-0.25, -0.2) is 0 Å². The average Bonchev–Trinajstić information content (AvgIpc) is 2.35. The van der Waals surface area contributed by atoms with Crippen LogP contribution in [0.25, 0.3) is 0 Å². The van der Waals surface area contributed by atoms with Crippen molar-refractivity contribution in [2.24, 2.45) is 0 Å². The monoisotopic (exact) mass is 280 g/mol. The number of nitrogens with one attached hydrogen (secondary N) is 1. The minimum Gasteiger partial charge on any atom is -0.399 e. The minimum atomic E-state index is -4.35. The predicted octanol–water partition coefficient (Wildman–Crippen LogP) is 4.65. The number of aryl methyl sites for hydroxylation is 2. The molecule has 0 heterocycles. The molecule has 2 rings (SSSR count). The molecule has 5 heteroatoms. The number of anilines is 3. The molecule has 0 amide bonds. The van der Waals surface area contributed by atoms with E-state index < -0.39 is 11.7 Å². The van der Waals surface area contributed by atoms with E-state index in [1.807, 2.05) is 6.92 Å². The maximum Gasteiger partial charge on any atom is 0.416 e. The first-order chi connectivity index (χ1) is 9.27. The molecule has 0 atom stereocenters. The number of halogens is 3. The van der Waals surface area contributed by atoms with Crippen LogP contribution in [-0.2, 0) is 6.18 Å². The molecule has 0 spiro atoms. The van der Waals surface area contributed by atoms with E-state index in [0.29, 0.717) is 17.1 Å². The summed E-state index contributed by atoms with van der Waals surface area (Å²) in [6.45, 7) is 3.29. The summed E-state index contributed by atoms with van der Waals surface area (Å²) in [5.74, 6) is 0. The van der Waals surface area contributed by atoms with Gasteiger partial charge in [0.25, 0.3) is 0 Å². The average molecular weight is 280 g/mol. The van der Waals surface area contributed by atoms with Crippen LogP contribution in [0.2, 0.25) is 0 Å². The third kappa shape index (κ3) is 3.04.